The van der Waals surface area contributed by atoms with Gasteiger partial charge in [-0.2, -0.15) is 19.4 Å². The Morgan fingerprint density at radius 2 is 0.844 bits per heavy atom. The molecule has 0 aliphatic rings. The molecule has 190 valence electrons. The van der Waals surface area contributed by atoms with Crippen molar-refractivity contribution in [3.8, 4) is 0 Å². The van der Waals surface area contributed by atoms with E-state index < -0.39 is 24.3 Å². The Morgan fingerprint density at radius 3 is 1.09 bits per heavy atom. The lowest BCUT2D eigenvalue weighted by Crippen LogP contribution is -2.43. The molecule has 0 radical (unpaired) electrons. The molecule has 0 amide bonds. The van der Waals surface area contributed by atoms with Crippen molar-refractivity contribution in [2.24, 2.45) is 0 Å². The monoisotopic (exact) mass is 466 g/mol. The van der Waals surface area contributed by atoms with Crippen LogP contribution in [0.4, 0.5) is 9.59 Å². The lowest BCUT2D eigenvalue weighted by molar-refractivity contribution is -0.385. The van der Waals surface area contributed by atoms with Crippen molar-refractivity contribution in [2.75, 3.05) is 26.4 Å². The van der Waals surface area contributed by atoms with Gasteiger partial charge in [-0.3, -0.25) is 0 Å². The molecule has 0 rings (SSSR count). The van der Waals surface area contributed by atoms with Crippen LogP contribution in [0.15, 0.2) is 0 Å². The molecule has 10 heteroatoms. The zero-order valence-electron chi connectivity index (χ0n) is 20.6. The minimum atomic E-state index is -1.62. The van der Waals surface area contributed by atoms with Gasteiger partial charge in [0.05, 0.1) is 26.4 Å². The molecule has 0 aromatic rings. The van der Waals surface area contributed by atoms with Crippen molar-refractivity contribution in [3.63, 3.8) is 0 Å². The SMILES string of the molecule is CCCCCC(OCC)(OCC)OC(=O)OOC(=O)OC(CCCCC)(OCC)OCC. The quantitative estimate of drug-likeness (QED) is 0.0805. The molecule has 0 fully saturated rings. The predicted octanol–water partition coefficient (Wildman–Crippen LogP) is 5.82. The second-order valence-electron chi connectivity index (χ2n) is 6.88. The molecule has 10 nitrogen and oxygen atoms in total. The van der Waals surface area contributed by atoms with Crippen LogP contribution in [0.25, 0.3) is 0 Å². The van der Waals surface area contributed by atoms with Gasteiger partial charge in [0.15, 0.2) is 0 Å². The standard InChI is InChI=1S/C22H42O10/c1-7-13-15-17-21(25-9-3,26-10-4)29-19(23)31-32-20(24)30-22(27-11-5,28-12-6)18-16-14-8-2/h7-18H2,1-6H3. The largest absolute Gasteiger partial charge is 0.554 e. The van der Waals surface area contributed by atoms with E-state index in [1.54, 1.807) is 27.7 Å². The Morgan fingerprint density at radius 1 is 0.531 bits per heavy atom. The number of carbonyl (C=O) groups is 2. The Balaban J connectivity index is 4.99. The van der Waals surface area contributed by atoms with Crippen LogP contribution in [-0.2, 0) is 38.2 Å². The van der Waals surface area contributed by atoms with Crippen LogP contribution in [0.5, 0.6) is 0 Å². The van der Waals surface area contributed by atoms with E-state index in [1.807, 2.05) is 13.8 Å². The molecule has 0 aliphatic heterocycles. The molecule has 0 atom stereocenters. The van der Waals surface area contributed by atoms with E-state index in [1.165, 1.54) is 0 Å². The van der Waals surface area contributed by atoms with Gasteiger partial charge in [0, 0.05) is 12.8 Å². The van der Waals surface area contributed by atoms with E-state index in [4.69, 9.17) is 28.4 Å². The molecular formula is C22H42O10. The van der Waals surface area contributed by atoms with Gasteiger partial charge in [-0.1, -0.05) is 39.5 Å². The number of rotatable bonds is 18. The third-order valence-corrected chi connectivity index (χ3v) is 4.29. The number of hydrogen-bond donors (Lipinski definition) is 0. The highest BCUT2D eigenvalue weighted by Gasteiger charge is 2.40. The maximum absolute atomic E-state index is 12.2. The van der Waals surface area contributed by atoms with Crippen LogP contribution in [-0.4, -0.2) is 50.7 Å². The zero-order valence-corrected chi connectivity index (χ0v) is 20.6. The fourth-order valence-corrected chi connectivity index (χ4v) is 3.01. The van der Waals surface area contributed by atoms with Crippen LogP contribution in [0, 0.1) is 0 Å². The highest BCUT2D eigenvalue weighted by molar-refractivity contribution is 5.63. The molecule has 32 heavy (non-hydrogen) atoms. The van der Waals surface area contributed by atoms with Gasteiger partial charge < -0.3 is 28.4 Å². The number of hydrogen-bond acceptors (Lipinski definition) is 10. The summed E-state index contributed by atoms with van der Waals surface area (Å²) in [4.78, 5) is 33.3. The topological polar surface area (TPSA) is 108 Å². The molecule has 0 aromatic heterocycles. The van der Waals surface area contributed by atoms with Crippen molar-refractivity contribution in [1.29, 1.82) is 0 Å². The first-order chi connectivity index (χ1) is 15.4. The summed E-state index contributed by atoms with van der Waals surface area (Å²) in [6.07, 6.45) is 3.14. The van der Waals surface area contributed by atoms with Gasteiger partial charge in [0.1, 0.15) is 0 Å². The molecule has 0 aliphatic carbocycles. The van der Waals surface area contributed by atoms with Crippen LogP contribution < -0.4 is 0 Å². The summed E-state index contributed by atoms with van der Waals surface area (Å²) in [5.74, 6) is -3.24. The van der Waals surface area contributed by atoms with Gasteiger partial charge in [-0.25, -0.2) is 0 Å². The van der Waals surface area contributed by atoms with Crippen molar-refractivity contribution < 1.29 is 47.8 Å². The highest BCUT2D eigenvalue weighted by Crippen LogP contribution is 2.26. The van der Waals surface area contributed by atoms with E-state index in [9.17, 15) is 9.59 Å². The normalized spacial score (nSPS) is 11.8. The number of carbonyl (C=O) groups excluding carboxylic acids is 2. The molecule has 0 N–H and O–H groups in total. The summed E-state index contributed by atoms with van der Waals surface area (Å²) >= 11 is 0. The summed E-state index contributed by atoms with van der Waals surface area (Å²) in [6.45, 7) is 12.0. The summed E-state index contributed by atoms with van der Waals surface area (Å²) in [6, 6.07) is 0. The van der Waals surface area contributed by atoms with Gasteiger partial charge in [-0.15, -0.1) is 0 Å². The van der Waals surface area contributed by atoms with E-state index in [0.29, 0.717) is 25.7 Å². The molecule has 0 saturated heterocycles. The highest BCUT2D eigenvalue weighted by atomic mass is 17.3. The van der Waals surface area contributed by atoms with Gasteiger partial charge in [0.25, 0.3) is 0 Å². The van der Waals surface area contributed by atoms with Crippen LogP contribution in [0.2, 0.25) is 0 Å². The minimum absolute atomic E-state index is 0.241. The Hall–Kier alpha value is -1.62. The molecule has 0 bridgehead atoms. The van der Waals surface area contributed by atoms with E-state index >= 15 is 0 Å². The second-order valence-corrected chi connectivity index (χ2v) is 6.88. The average molecular weight is 467 g/mol. The van der Waals surface area contributed by atoms with Gasteiger partial charge >= 0.3 is 24.3 Å². The van der Waals surface area contributed by atoms with Crippen LogP contribution >= 0.6 is 0 Å². The van der Waals surface area contributed by atoms with E-state index in [0.717, 1.165) is 25.7 Å². The minimum Gasteiger partial charge on any atom is -0.373 e. The summed E-state index contributed by atoms with van der Waals surface area (Å²) < 4.78 is 32.6. The van der Waals surface area contributed by atoms with Crippen LogP contribution in [0.1, 0.15) is 92.9 Å². The zero-order chi connectivity index (χ0) is 24.3. The Labute approximate surface area is 192 Å². The average Bonchev–Trinajstić information content (AvgIpc) is 2.73. The fourth-order valence-electron chi connectivity index (χ4n) is 3.01. The first-order valence-electron chi connectivity index (χ1n) is 11.7. The van der Waals surface area contributed by atoms with Gasteiger partial charge in [-0.05, 0) is 40.5 Å². The van der Waals surface area contributed by atoms with Crippen molar-refractivity contribution in [3.05, 3.63) is 0 Å². The molecule has 0 aromatic carbocycles. The first kappa shape index (κ1) is 30.4. The Bertz CT molecular complexity index is 441. The third-order valence-electron chi connectivity index (χ3n) is 4.29. The maximum Gasteiger partial charge on any atom is 0.554 e. The molecule has 0 heterocycles. The van der Waals surface area contributed by atoms with E-state index in [2.05, 4.69) is 9.78 Å². The van der Waals surface area contributed by atoms with Crippen molar-refractivity contribution >= 4 is 12.3 Å². The summed E-state index contributed by atoms with van der Waals surface area (Å²) in [5, 5.41) is 0. The summed E-state index contributed by atoms with van der Waals surface area (Å²) in [7, 11) is 0. The molecule has 0 saturated carbocycles. The second kappa shape index (κ2) is 17.9. The third kappa shape index (κ3) is 12.4. The lowest BCUT2D eigenvalue weighted by atomic mass is 10.2. The predicted molar refractivity (Wildman–Crippen MR) is 115 cm³/mol. The number of unbranched alkanes of at least 4 members (excludes halogenated alkanes) is 4. The van der Waals surface area contributed by atoms with Crippen LogP contribution in [0.3, 0.4) is 0 Å². The smallest absolute Gasteiger partial charge is 0.373 e. The lowest BCUT2D eigenvalue weighted by Gasteiger charge is -2.32. The summed E-state index contributed by atoms with van der Waals surface area (Å²) in [5.41, 5.74) is 0. The molecule has 0 spiro atoms. The molecule has 0 unspecified atom stereocenters. The first-order valence-corrected chi connectivity index (χ1v) is 11.7. The Kier molecular flexibility index (Phi) is 17.0. The van der Waals surface area contributed by atoms with Crippen molar-refractivity contribution in [1.82, 2.24) is 0 Å². The maximum atomic E-state index is 12.2. The van der Waals surface area contributed by atoms with Gasteiger partial charge in [0.2, 0.25) is 0 Å². The molecular weight excluding hydrogens is 424 g/mol. The fraction of sp³-hybridized carbons (Fsp3) is 0.909. The number of ether oxygens (including phenoxy) is 6. The van der Waals surface area contributed by atoms with E-state index in [-0.39, 0.29) is 26.4 Å². The van der Waals surface area contributed by atoms with Crippen molar-refractivity contribution in [2.45, 2.75) is 105 Å².